The predicted molar refractivity (Wildman–Crippen MR) is 63.6 cm³/mol. The van der Waals surface area contributed by atoms with E-state index in [2.05, 4.69) is 4.74 Å². The third-order valence-corrected chi connectivity index (χ3v) is 2.32. The van der Waals surface area contributed by atoms with Crippen LogP contribution in [0.15, 0.2) is 18.2 Å². The fraction of sp³-hybridized carbons (Fsp3) is 0.385. The second-order valence-corrected chi connectivity index (χ2v) is 3.54. The van der Waals surface area contributed by atoms with Crippen LogP contribution in [0.4, 0.5) is 0 Å². The number of ether oxygens (including phenoxy) is 2. The summed E-state index contributed by atoms with van der Waals surface area (Å²) in [6.07, 6.45) is 2.53. The molecule has 0 fully saturated rings. The minimum absolute atomic E-state index is 0.285. The number of methoxy groups -OCH3 is 1. The van der Waals surface area contributed by atoms with Crippen molar-refractivity contribution in [3.63, 3.8) is 0 Å². The fourth-order valence-corrected chi connectivity index (χ4v) is 1.40. The van der Waals surface area contributed by atoms with Crippen molar-refractivity contribution in [3.05, 3.63) is 29.3 Å². The van der Waals surface area contributed by atoms with Crippen LogP contribution in [-0.2, 0) is 4.74 Å². The van der Waals surface area contributed by atoms with Gasteiger partial charge in [0.15, 0.2) is 6.29 Å². The maximum Gasteiger partial charge on any atom is 0.341 e. The molecule has 0 spiro atoms. The van der Waals surface area contributed by atoms with Crippen molar-refractivity contribution in [3.8, 4) is 5.75 Å². The van der Waals surface area contributed by atoms with E-state index in [9.17, 15) is 9.59 Å². The molecule has 0 atom stereocenters. The molecule has 0 amide bonds. The summed E-state index contributed by atoms with van der Waals surface area (Å²) in [5.41, 5.74) is 0.650. The van der Waals surface area contributed by atoms with Gasteiger partial charge in [0.05, 0.1) is 19.3 Å². The van der Waals surface area contributed by atoms with Crippen LogP contribution in [0.2, 0.25) is 0 Å². The molecule has 4 nitrogen and oxygen atoms in total. The van der Waals surface area contributed by atoms with Gasteiger partial charge in [-0.2, -0.15) is 0 Å². The molecule has 0 radical (unpaired) electrons. The van der Waals surface area contributed by atoms with Gasteiger partial charge in [0, 0.05) is 0 Å². The van der Waals surface area contributed by atoms with E-state index in [0.29, 0.717) is 24.2 Å². The zero-order chi connectivity index (χ0) is 12.7. The average Bonchev–Trinajstić information content (AvgIpc) is 2.38. The summed E-state index contributed by atoms with van der Waals surface area (Å²) in [5, 5.41) is 0. The molecule has 17 heavy (non-hydrogen) atoms. The van der Waals surface area contributed by atoms with Gasteiger partial charge in [0.2, 0.25) is 0 Å². The van der Waals surface area contributed by atoms with E-state index in [4.69, 9.17) is 4.74 Å². The van der Waals surface area contributed by atoms with E-state index < -0.39 is 5.97 Å². The smallest absolute Gasteiger partial charge is 0.341 e. The number of carbonyl (C=O) groups is 2. The fourth-order valence-electron chi connectivity index (χ4n) is 1.40. The highest BCUT2D eigenvalue weighted by Crippen LogP contribution is 2.23. The quantitative estimate of drug-likeness (QED) is 0.432. The number of carbonyl (C=O) groups excluding carboxylic acids is 2. The van der Waals surface area contributed by atoms with Gasteiger partial charge in [-0.1, -0.05) is 19.4 Å². The van der Waals surface area contributed by atoms with Crippen molar-refractivity contribution < 1.29 is 19.1 Å². The Morgan fingerprint density at radius 2 is 2.18 bits per heavy atom. The normalized spacial score (nSPS) is 9.76. The molecule has 0 saturated carbocycles. The third-order valence-electron chi connectivity index (χ3n) is 2.32. The lowest BCUT2D eigenvalue weighted by Crippen LogP contribution is -2.08. The molecule has 1 aromatic carbocycles. The number of unbranched alkanes of at least 4 members (excludes halogenated alkanes) is 1. The van der Waals surface area contributed by atoms with E-state index in [1.165, 1.54) is 7.11 Å². The van der Waals surface area contributed by atoms with Gasteiger partial charge in [-0.25, -0.2) is 4.79 Å². The van der Waals surface area contributed by atoms with E-state index in [1.807, 2.05) is 6.92 Å². The van der Waals surface area contributed by atoms with Crippen molar-refractivity contribution in [1.82, 2.24) is 0 Å². The van der Waals surface area contributed by atoms with Crippen LogP contribution >= 0.6 is 0 Å². The van der Waals surface area contributed by atoms with Gasteiger partial charge < -0.3 is 9.47 Å². The Morgan fingerprint density at radius 3 is 2.76 bits per heavy atom. The maximum absolute atomic E-state index is 11.5. The SMILES string of the molecule is CCCCOc1c(C=O)cccc1C(=O)OC. The molecule has 0 aromatic heterocycles. The Labute approximate surface area is 101 Å². The topological polar surface area (TPSA) is 52.6 Å². The van der Waals surface area contributed by atoms with Crippen LogP contribution in [0, 0.1) is 0 Å². The molecule has 92 valence electrons. The van der Waals surface area contributed by atoms with Crippen molar-refractivity contribution in [2.75, 3.05) is 13.7 Å². The maximum atomic E-state index is 11.5. The van der Waals surface area contributed by atoms with Crippen LogP contribution in [0.3, 0.4) is 0 Å². The van der Waals surface area contributed by atoms with Crippen LogP contribution in [0.5, 0.6) is 5.75 Å². The van der Waals surface area contributed by atoms with Gasteiger partial charge >= 0.3 is 5.97 Å². The van der Waals surface area contributed by atoms with Gasteiger partial charge in [0.25, 0.3) is 0 Å². The number of hydrogen-bond donors (Lipinski definition) is 0. The summed E-state index contributed by atoms with van der Waals surface area (Å²) in [6.45, 7) is 2.52. The van der Waals surface area contributed by atoms with Crippen LogP contribution in [0.1, 0.15) is 40.5 Å². The molecule has 0 N–H and O–H groups in total. The molecule has 0 unspecified atom stereocenters. The first-order valence-corrected chi connectivity index (χ1v) is 5.53. The summed E-state index contributed by atoms with van der Waals surface area (Å²) in [7, 11) is 1.30. The summed E-state index contributed by atoms with van der Waals surface area (Å²) in [6, 6.07) is 4.82. The molecular formula is C13H16O4. The van der Waals surface area contributed by atoms with Gasteiger partial charge in [0.1, 0.15) is 11.3 Å². The van der Waals surface area contributed by atoms with E-state index in [-0.39, 0.29) is 5.56 Å². The molecule has 0 aliphatic rings. The first kappa shape index (κ1) is 13.2. The summed E-state index contributed by atoms with van der Waals surface area (Å²) >= 11 is 0. The van der Waals surface area contributed by atoms with E-state index >= 15 is 0 Å². The number of benzene rings is 1. The zero-order valence-electron chi connectivity index (χ0n) is 10.1. The van der Waals surface area contributed by atoms with Gasteiger partial charge in [-0.05, 0) is 18.6 Å². The number of aldehydes is 1. The third kappa shape index (κ3) is 3.31. The lowest BCUT2D eigenvalue weighted by molar-refractivity contribution is 0.0596. The number of rotatable bonds is 6. The van der Waals surface area contributed by atoms with Crippen LogP contribution in [0.25, 0.3) is 0 Å². The molecule has 0 bridgehead atoms. The number of esters is 1. The highest BCUT2D eigenvalue weighted by atomic mass is 16.5. The second kappa shape index (κ2) is 6.68. The van der Waals surface area contributed by atoms with E-state index in [1.54, 1.807) is 18.2 Å². The minimum atomic E-state index is -0.500. The molecule has 0 aliphatic carbocycles. The number of hydrogen-bond acceptors (Lipinski definition) is 4. The zero-order valence-corrected chi connectivity index (χ0v) is 10.1. The number of para-hydroxylation sites is 1. The Morgan fingerprint density at radius 1 is 1.41 bits per heavy atom. The first-order valence-electron chi connectivity index (χ1n) is 5.53. The van der Waals surface area contributed by atoms with Gasteiger partial charge in [-0.3, -0.25) is 4.79 Å². The molecule has 1 aromatic rings. The first-order chi connectivity index (χ1) is 8.24. The van der Waals surface area contributed by atoms with Gasteiger partial charge in [-0.15, -0.1) is 0 Å². The highest BCUT2D eigenvalue weighted by molar-refractivity contribution is 5.96. The molecule has 0 saturated heterocycles. The predicted octanol–water partition coefficient (Wildman–Crippen LogP) is 2.46. The highest BCUT2D eigenvalue weighted by Gasteiger charge is 2.16. The average molecular weight is 236 g/mol. The molecule has 0 heterocycles. The van der Waals surface area contributed by atoms with E-state index in [0.717, 1.165) is 12.8 Å². The summed E-state index contributed by atoms with van der Waals surface area (Å²) in [4.78, 5) is 22.4. The summed E-state index contributed by atoms with van der Waals surface area (Å²) in [5.74, 6) is -0.192. The lowest BCUT2D eigenvalue weighted by Gasteiger charge is -2.11. The Balaban J connectivity index is 3.02. The Hall–Kier alpha value is -1.84. The summed E-state index contributed by atoms with van der Waals surface area (Å²) < 4.78 is 10.1. The molecular weight excluding hydrogens is 220 g/mol. The minimum Gasteiger partial charge on any atom is -0.492 e. The van der Waals surface area contributed by atoms with Crippen LogP contribution < -0.4 is 4.74 Å². The second-order valence-electron chi connectivity index (χ2n) is 3.54. The van der Waals surface area contributed by atoms with Crippen LogP contribution in [-0.4, -0.2) is 26.0 Å². The molecule has 4 heteroatoms. The van der Waals surface area contributed by atoms with Crippen molar-refractivity contribution >= 4 is 12.3 Å². The standard InChI is InChI=1S/C13H16O4/c1-3-4-8-17-12-10(9-14)6-5-7-11(12)13(15)16-2/h5-7,9H,3-4,8H2,1-2H3. The van der Waals surface area contributed by atoms with Crippen molar-refractivity contribution in [1.29, 1.82) is 0 Å². The van der Waals surface area contributed by atoms with Crippen molar-refractivity contribution in [2.24, 2.45) is 0 Å². The monoisotopic (exact) mass is 236 g/mol. The molecule has 0 aliphatic heterocycles. The molecule has 1 rings (SSSR count). The lowest BCUT2D eigenvalue weighted by atomic mass is 10.1. The Bertz CT molecular complexity index is 398. The van der Waals surface area contributed by atoms with Crippen molar-refractivity contribution in [2.45, 2.75) is 19.8 Å². The largest absolute Gasteiger partial charge is 0.492 e. The Kier molecular flexibility index (Phi) is 5.20.